The first-order valence-corrected chi connectivity index (χ1v) is 14.5. The average Bonchev–Trinajstić information content (AvgIpc) is 3.45. The molecule has 3 aromatic heterocycles. The molecule has 3 heterocycles. The zero-order chi connectivity index (χ0) is 28.3. The molecule has 0 saturated carbocycles. The van der Waals surface area contributed by atoms with Gasteiger partial charge < -0.3 is 4.42 Å². The van der Waals surface area contributed by atoms with Crippen LogP contribution in [0.25, 0.3) is 88.2 Å². The van der Waals surface area contributed by atoms with E-state index in [1.165, 1.54) is 5.39 Å². The number of hydrogen-bond acceptors (Lipinski definition) is 3. The number of pyridine rings is 2. The Bertz CT molecular complexity index is 2490. The van der Waals surface area contributed by atoms with E-state index in [0.29, 0.717) is 0 Å². The lowest BCUT2D eigenvalue weighted by Gasteiger charge is -2.16. The molecule has 0 amide bonds. The molecule has 0 N–H and O–H groups in total. The second-order valence-electron chi connectivity index (χ2n) is 11.0. The quantitative estimate of drug-likeness (QED) is 0.206. The van der Waals surface area contributed by atoms with E-state index in [2.05, 4.69) is 115 Å². The number of hydrogen-bond donors (Lipinski definition) is 0. The normalized spacial score (nSPS) is 11.7. The maximum atomic E-state index is 6.52. The molecule has 6 aromatic carbocycles. The van der Waals surface area contributed by atoms with Crippen LogP contribution in [-0.2, 0) is 0 Å². The van der Waals surface area contributed by atoms with E-state index in [9.17, 15) is 0 Å². The maximum Gasteiger partial charge on any atom is 0.136 e. The molecular formula is C40H24N2O. The van der Waals surface area contributed by atoms with E-state index in [1.807, 2.05) is 30.3 Å². The zero-order valence-electron chi connectivity index (χ0n) is 23.2. The van der Waals surface area contributed by atoms with Crippen LogP contribution in [0.1, 0.15) is 0 Å². The van der Waals surface area contributed by atoms with E-state index < -0.39 is 0 Å². The highest BCUT2D eigenvalue weighted by atomic mass is 16.3. The number of furan rings is 1. The van der Waals surface area contributed by atoms with Gasteiger partial charge in [-0.15, -0.1) is 0 Å². The average molecular weight is 549 g/mol. The van der Waals surface area contributed by atoms with Crippen molar-refractivity contribution in [1.29, 1.82) is 0 Å². The van der Waals surface area contributed by atoms with Gasteiger partial charge in [0, 0.05) is 49.0 Å². The summed E-state index contributed by atoms with van der Waals surface area (Å²) in [6, 6.07) is 50.7. The minimum absolute atomic E-state index is 0.859. The zero-order valence-corrected chi connectivity index (χ0v) is 23.2. The van der Waals surface area contributed by atoms with Crippen LogP contribution in [0, 0.1) is 0 Å². The Morgan fingerprint density at radius 1 is 0.419 bits per heavy atom. The van der Waals surface area contributed by atoms with Crippen LogP contribution in [-0.4, -0.2) is 9.97 Å². The van der Waals surface area contributed by atoms with Crippen molar-refractivity contribution < 1.29 is 4.42 Å². The summed E-state index contributed by atoms with van der Waals surface area (Å²) in [6.07, 6.45) is 0. The minimum atomic E-state index is 0.859. The maximum absolute atomic E-state index is 6.52. The van der Waals surface area contributed by atoms with E-state index in [4.69, 9.17) is 14.4 Å². The Hall–Kier alpha value is -5.80. The van der Waals surface area contributed by atoms with E-state index in [-0.39, 0.29) is 0 Å². The lowest BCUT2D eigenvalue weighted by atomic mass is 9.89. The van der Waals surface area contributed by atoms with Crippen molar-refractivity contribution in [1.82, 2.24) is 9.97 Å². The number of benzene rings is 6. The first-order chi connectivity index (χ1) is 21.3. The SMILES string of the molecule is c1ccc(-c2nc3ccccc3c3c(-c4ccc(-c5ccc6ccccc6n5)cc4)c4c(cc23)oc2ccccc24)cc1. The van der Waals surface area contributed by atoms with Crippen LogP contribution in [0.15, 0.2) is 150 Å². The third kappa shape index (κ3) is 3.75. The summed E-state index contributed by atoms with van der Waals surface area (Å²) in [6.45, 7) is 0. The molecule has 0 saturated heterocycles. The molecule has 0 bridgehead atoms. The lowest BCUT2D eigenvalue weighted by molar-refractivity contribution is 0.669. The van der Waals surface area contributed by atoms with Crippen molar-refractivity contribution in [3.63, 3.8) is 0 Å². The molecule has 0 fully saturated rings. The van der Waals surface area contributed by atoms with Gasteiger partial charge in [0.2, 0.25) is 0 Å². The molecule has 3 nitrogen and oxygen atoms in total. The number of rotatable bonds is 3. The van der Waals surface area contributed by atoms with Gasteiger partial charge in [0.05, 0.1) is 22.4 Å². The van der Waals surface area contributed by atoms with Crippen molar-refractivity contribution in [2.24, 2.45) is 0 Å². The second kappa shape index (κ2) is 9.37. The van der Waals surface area contributed by atoms with E-state index >= 15 is 0 Å². The van der Waals surface area contributed by atoms with Crippen molar-refractivity contribution in [3.05, 3.63) is 146 Å². The summed E-state index contributed by atoms with van der Waals surface area (Å²) in [5.74, 6) is 0. The van der Waals surface area contributed by atoms with Crippen LogP contribution < -0.4 is 0 Å². The van der Waals surface area contributed by atoms with Crippen LogP contribution in [0.4, 0.5) is 0 Å². The number of para-hydroxylation sites is 3. The summed E-state index contributed by atoms with van der Waals surface area (Å²) < 4.78 is 6.52. The van der Waals surface area contributed by atoms with Crippen molar-refractivity contribution in [3.8, 4) is 33.6 Å². The van der Waals surface area contributed by atoms with Crippen LogP contribution in [0.2, 0.25) is 0 Å². The Kier molecular flexibility index (Phi) is 5.20. The summed E-state index contributed by atoms with van der Waals surface area (Å²) in [5.41, 5.74) is 10.1. The number of aromatic nitrogens is 2. The second-order valence-corrected chi connectivity index (χ2v) is 11.0. The fourth-order valence-corrected chi connectivity index (χ4v) is 6.46. The van der Waals surface area contributed by atoms with Gasteiger partial charge in [-0.25, -0.2) is 9.97 Å². The summed E-state index contributed by atoms with van der Waals surface area (Å²) in [5, 5.41) is 6.75. The topological polar surface area (TPSA) is 38.9 Å². The molecule has 0 radical (unpaired) electrons. The highest BCUT2D eigenvalue weighted by molar-refractivity contribution is 6.27. The molecule has 3 heteroatoms. The predicted molar refractivity (Wildman–Crippen MR) is 178 cm³/mol. The molecule has 9 aromatic rings. The van der Waals surface area contributed by atoms with Gasteiger partial charge in [-0.1, -0.05) is 115 Å². The highest BCUT2D eigenvalue weighted by Crippen LogP contribution is 2.46. The van der Waals surface area contributed by atoms with Gasteiger partial charge in [0.25, 0.3) is 0 Å². The molecule has 0 atom stereocenters. The summed E-state index contributed by atoms with van der Waals surface area (Å²) in [7, 11) is 0. The molecule has 43 heavy (non-hydrogen) atoms. The Balaban J connectivity index is 1.38. The molecule has 0 unspecified atom stereocenters. The van der Waals surface area contributed by atoms with Gasteiger partial charge >= 0.3 is 0 Å². The molecule has 0 aliphatic rings. The van der Waals surface area contributed by atoms with Crippen molar-refractivity contribution in [2.75, 3.05) is 0 Å². The summed E-state index contributed by atoms with van der Waals surface area (Å²) in [4.78, 5) is 10.1. The fraction of sp³-hybridized carbons (Fsp3) is 0. The first kappa shape index (κ1) is 23.9. The van der Waals surface area contributed by atoms with Gasteiger partial charge in [-0.3, -0.25) is 0 Å². The molecule has 0 aliphatic carbocycles. The Morgan fingerprint density at radius 2 is 1.12 bits per heavy atom. The molecule has 200 valence electrons. The Morgan fingerprint density at radius 3 is 1.98 bits per heavy atom. The van der Waals surface area contributed by atoms with Crippen LogP contribution in [0.5, 0.6) is 0 Å². The van der Waals surface area contributed by atoms with Crippen LogP contribution in [0.3, 0.4) is 0 Å². The van der Waals surface area contributed by atoms with Gasteiger partial charge in [0.1, 0.15) is 11.2 Å². The summed E-state index contributed by atoms with van der Waals surface area (Å²) >= 11 is 0. The first-order valence-electron chi connectivity index (χ1n) is 14.5. The van der Waals surface area contributed by atoms with Crippen molar-refractivity contribution in [2.45, 2.75) is 0 Å². The van der Waals surface area contributed by atoms with Crippen molar-refractivity contribution >= 4 is 54.5 Å². The molecular weight excluding hydrogens is 524 g/mol. The molecule has 0 spiro atoms. The smallest absolute Gasteiger partial charge is 0.136 e. The fourth-order valence-electron chi connectivity index (χ4n) is 6.46. The lowest BCUT2D eigenvalue weighted by Crippen LogP contribution is -1.93. The third-order valence-corrected chi connectivity index (χ3v) is 8.44. The molecule has 9 rings (SSSR count). The van der Waals surface area contributed by atoms with E-state index in [1.54, 1.807) is 0 Å². The Labute approximate surface area is 247 Å². The molecule has 0 aliphatic heterocycles. The minimum Gasteiger partial charge on any atom is -0.456 e. The van der Waals surface area contributed by atoms with Gasteiger partial charge in [0.15, 0.2) is 0 Å². The standard InChI is InChI=1S/C40H24N2O/c1-2-11-28(12-3-1)40-31-24-36-39(30-14-6-9-17-35(30)43-36)37(38(31)29-13-5-8-16-34(29)42-40)27-20-18-26(19-21-27)33-23-22-25-10-4-7-15-32(25)41-33/h1-24H. The van der Waals surface area contributed by atoms with E-state index in [0.717, 1.165) is 82.8 Å². The monoisotopic (exact) mass is 548 g/mol. The highest BCUT2D eigenvalue weighted by Gasteiger charge is 2.21. The predicted octanol–water partition coefficient (Wildman–Crippen LogP) is 10.8. The van der Waals surface area contributed by atoms with Crippen LogP contribution >= 0.6 is 0 Å². The number of fused-ring (bicyclic) bond motifs is 7. The number of nitrogens with zero attached hydrogens (tertiary/aromatic N) is 2. The van der Waals surface area contributed by atoms with Gasteiger partial charge in [-0.05, 0) is 35.9 Å². The largest absolute Gasteiger partial charge is 0.456 e. The van der Waals surface area contributed by atoms with Gasteiger partial charge in [-0.2, -0.15) is 0 Å². The third-order valence-electron chi connectivity index (χ3n) is 8.44.